The second kappa shape index (κ2) is 5.31. The van der Waals surface area contributed by atoms with Gasteiger partial charge in [-0.15, -0.1) is 0 Å². The predicted octanol–water partition coefficient (Wildman–Crippen LogP) is -0.811. The molecule has 11 nitrogen and oxygen atoms in total. The summed E-state index contributed by atoms with van der Waals surface area (Å²) in [4.78, 5) is 23.1. The van der Waals surface area contributed by atoms with Gasteiger partial charge >= 0.3 is 5.08 Å². The zero-order valence-electron chi connectivity index (χ0n) is 10.4. The zero-order chi connectivity index (χ0) is 16.5. The van der Waals surface area contributed by atoms with E-state index < -0.39 is 42.0 Å². The molecule has 2 rings (SSSR count). The molecule has 0 aliphatic rings. The molecule has 0 saturated heterocycles. The molecule has 2 aromatic carbocycles. The third-order valence-electron chi connectivity index (χ3n) is 2.72. The third-order valence-corrected chi connectivity index (χ3v) is 3.62. The van der Waals surface area contributed by atoms with Gasteiger partial charge in [-0.25, -0.2) is 0 Å². The molecule has 0 saturated carbocycles. The molecule has 0 amide bonds. The van der Waals surface area contributed by atoms with Gasteiger partial charge in [-0.3, -0.25) is 19.4 Å². The molecule has 0 radical (unpaired) electrons. The molecule has 0 fully saturated rings. The molecule has 12 heteroatoms. The first-order valence-electron chi connectivity index (χ1n) is 5.37. The van der Waals surface area contributed by atoms with Crippen LogP contribution in [0, 0.1) is 5.39 Å². The Morgan fingerprint density at radius 1 is 1.18 bits per heavy atom. The highest BCUT2D eigenvalue weighted by Crippen LogP contribution is 2.16. The van der Waals surface area contributed by atoms with Gasteiger partial charge in [-0.1, -0.05) is 12.1 Å². The Morgan fingerprint density at radius 2 is 1.86 bits per heavy atom. The van der Waals surface area contributed by atoms with Crippen LogP contribution in [-0.2, 0) is 10.1 Å². The Hall–Kier alpha value is -3.17. The molecule has 0 unspecified atom stereocenters. The summed E-state index contributed by atoms with van der Waals surface area (Å²) < 4.78 is 31.8. The first kappa shape index (κ1) is 15.2. The van der Waals surface area contributed by atoms with Crippen molar-refractivity contribution in [3.63, 3.8) is 0 Å². The molecule has 0 spiro atoms. The summed E-state index contributed by atoms with van der Waals surface area (Å²) in [6.45, 7) is 0. The molecule has 110 valence electrons. The van der Waals surface area contributed by atoms with E-state index in [0.717, 1.165) is 12.1 Å². The maximum atomic E-state index is 12.0. The monoisotopic (exact) mass is 320 g/mol. The average molecular weight is 320 g/mol. The smallest absolute Gasteiger partial charge is 0.339 e. The number of hydrogen-bond donors (Lipinski definition) is 1. The first-order valence-corrected chi connectivity index (χ1v) is 6.81. The second-order valence-electron chi connectivity index (χ2n) is 3.89. The van der Waals surface area contributed by atoms with Gasteiger partial charge in [0.25, 0.3) is 15.5 Å². The number of diazo groups is 1. The third kappa shape index (κ3) is 2.30. The van der Waals surface area contributed by atoms with E-state index in [4.69, 9.17) is 15.5 Å². The van der Waals surface area contributed by atoms with E-state index in [9.17, 15) is 18.0 Å². The topological polar surface area (TPSA) is 176 Å². The lowest BCUT2D eigenvalue weighted by atomic mass is 10.1. The lowest BCUT2D eigenvalue weighted by Gasteiger charge is -2.02. The van der Waals surface area contributed by atoms with E-state index in [-0.39, 0.29) is 5.39 Å². The van der Waals surface area contributed by atoms with Gasteiger partial charge in [0.2, 0.25) is 10.9 Å². The maximum absolute atomic E-state index is 12.0. The normalized spacial score (nSPS) is 13.3. The number of rotatable bonds is 2. The number of hydrogen-bond acceptors (Lipinski definition) is 7. The van der Waals surface area contributed by atoms with Crippen molar-refractivity contribution >= 4 is 20.9 Å². The fourth-order valence-corrected chi connectivity index (χ4v) is 2.63. The number of fused-ring (bicyclic) bond motifs is 1. The van der Waals surface area contributed by atoms with Crippen molar-refractivity contribution in [2.24, 2.45) is 15.4 Å². The largest absolute Gasteiger partial charge is 0.362 e. The van der Waals surface area contributed by atoms with Gasteiger partial charge in [-0.2, -0.15) is 8.42 Å². The lowest BCUT2D eigenvalue weighted by Crippen LogP contribution is -2.48. The quantitative estimate of drug-likeness (QED) is 0.248. The SMILES string of the molecule is N#[N+]N=c1c(=NN=[N-])c(=O)c(=O)c2c(S(=O)(=O)O)cccc12. The van der Waals surface area contributed by atoms with E-state index in [1.165, 1.54) is 6.07 Å². The van der Waals surface area contributed by atoms with Crippen molar-refractivity contribution in [1.82, 2.24) is 0 Å². The summed E-state index contributed by atoms with van der Waals surface area (Å²) in [7, 11) is -4.80. The number of benzene rings is 2. The summed E-state index contributed by atoms with van der Waals surface area (Å²) >= 11 is 0. The van der Waals surface area contributed by atoms with Crippen LogP contribution in [-0.4, -0.2) is 13.0 Å². The standard InChI is InChI=1S/C10H4N6O5S/c11-15-13-7-4-2-1-3-5(22(19,20)21)6(4)9(17)10(18)8(7)14-16-12/h1-3H,(H,19,20,21). The average Bonchev–Trinajstić information content (AvgIpc) is 2.46. The molecule has 0 bridgehead atoms. The van der Waals surface area contributed by atoms with Gasteiger partial charge < -0.3 is 10.6 Å². The van der Waals surface area contributed by atoms with Crippen LogP contribution < -0.4 is 21.6 Å². The zero-order valence-corrected chi connectivity index (χ0v) is 11.2. The van der Waals surface area contributed by atoms with Crippen molar-refractivity contribution < 1.29 is 13.0 Å². The fraction of sp³-hybridized carbons (Fsp3) is 0. The van der Waals surface area contributed by atoms with Crippen LogP contribution in [0.2, 0.25) is 0 Å². The Bertz CT molecular complexity index is 1170. The first-order chi connectivity index (χ1) is 10.3. The van der Waals surface area contributed by atoms with E-state index in [2.05, 4.69) is 20.5 Å². The molecule has 22 heavy (non-hydrogen) atoms. The Balaban J connectivity index is 3.41. The highest BCUT2D eigenvalue weighted by Gasteiger charge is 2.20. The van der Waals surface area contributed by atoms with E-state index in [1.807, 2.05) is 0 Å². The summed E-state index contributed by atoms with van der Waals surface area (Å²) in [6, 6.07) is 3.25. The fourth-order valence-electron chi connectivity index (χ4n) is 1.92. The second-order valence-corrected chi connectivity index (χ2v) is 5.28. The maximum Gasteiger partial charge on any atom is 0.339 e. The van der Waals surface area contributed by atoms with Gasteiger partial charge in [0.05, 0.1) is 10.7 Å². The molecule has 0 atom stereocenters. The molecule has 0 heterocycles. The highest BCUT2D eigenvalue weighted by molar-refractivity contribution is 7.86. The van der Waals surface area contributed by atoms with Crippen molar-refractivity contribution in [1.29, 1.82) is 5.39 Å². The van der Waals surface area contributed by atoms with Crippen LogP contribution in [0.25, 0.3) is 21.4 Å². The molecule has 0 aliphatic heterocycles. The van der Waals surface area contributed by atoms with Crippen LogP contribution in [0.1, 0.15) is 0 Å². The summed E-state index contributed by atoms with van der Waals surface area (Å²) in [5.41, 5.74) is 5.78. The van der Waals surface area contributed by atoms with Crippen molar-refractivity contribution in [3.05, 3.63) is 60.0 Å². The van der Waals surface area contributed by atoms with Crippen LogP contribution in [0.15, 0.2) is 48.1 Å². The van der Waals surface area contributed by atoms with Crippen molar-refractivity contribution in [2.45, 2.75) is 4.90 Å². The summed E-state index contributed by atoms with van der Waals surface area (Å²) in [6.07, 6.45) is 0. The lowest BCUT2D eigenvalue weighted by molar-refractivity contribution is 0.484. The van der Waals surface area contributed by atoms with E-state index in [1.54, 1.807) is 0 Å². The van der Waals surface area contributed by atoms with Crippen molar-refractivity contribution in [2.75, 3.05) is 0 Å². The Morgan fingerprint density at radius 3 is 2.41 bits per heavy atom. The number of nitrogens with zero attached hydrogens (tertiary/aromatic N) is 6. The molecular weight excluding hydrogens is 316 g/mol. The minimum absolute atomic E-state index is 0.236. The Kier molecular flexibility index (Phi) is 3.68. The molecular formula is C10H4N6O5S. The minimum Gasteiger partial charge on any atom is -0.362 e. The van der Waals surface area contributed by atoms with Crippen LogP contribution in [0.4, 0.5) is 0 Å². The summed E-state index contributed by atoms with van der Waals surface area (Å²) in [5, 5.41) is 17.4. The van der Waals surface area contributed by atoms with E-state index in [0.29, 0.717) is 0 Å². The predicted molar refractivity (Wildman–Crippen MR) is 70.7 cm³/mol. The van der Waals surface area contributed by atoms with Gasteiger partial charge in [0.15, 0.2) is 10.5 Å². The molecule has 0 aromatic heterocycles. The highest BCUT2D eigenvalue weighted by atomic mass is 32.2. The molecule has 1 N–H and O–H groups in total. The molecule has 0 aliphatic carbocycles. The van der Waals surface area contributed by atoms with Crippen LogP contribution >= 0.6 is 0 Å². The van der Waals surface area contributed by atoms with Gasteiger partial charge in [0.1, 0.15) is 4.90 Å². The van der Waals surface area contributed by atoms with Crippen LogP contribution in [0.3, 0.4) is 0 Å². The van der Waals surface area contributed by atoms with Crippen molar-refractivity contribution in [3.8, 4) is 0 Å². The minimum atomic E-state index is -4.80. The van der Waals surface area contributed by atoms with E-state index >= 15 is 0 Å². The Labute approximate surface area is 120 Å². The van der Waals surface area contributed by atoms with Gasteiger partial charge in [-0.05, 0) is 6.07 Å². The van der Waals surface area contributed by atoms with Gasteiger partial charge in [0, 0.05) is 5.39 Å². The molecule has 2 aromatic rings. The van der Waals surface area contributed by atoms with Crippen LogP contribution in [0.5, 0.6) is 0 Å². The summed E-state index contributed by atoms with van der Waals surface area (Å²) in [5.74, 6) is 0.